The average Bonchev–Trinajstić information content (AvgIpc) is 2.98. The smallest absolute Gasteiger partial charge is 0.226 e. The van der Waals surface area contributed by atoms with E-state index in [0.29, 0.717) is 6.61 Å². The van der Waals surface area contributed by atoms with Crippen LogP contribution in [-0.4, -0.2) is 27.5 Å². The molecule has 0 aliphatic rings. The number of hydrogen-bond donors (Lipinski definition) is 1. The van der Waals surface area contributed by atoms with Crippen molar-refractivity contribution < 1.29 is 9.53 Å². The van der Waals surface area contributed by atoms with Gasteiger partial charge in [0.25, 0.3) is 0 Å². The number of anilines is 1. The molecule has 0 bridgehead atoms. The fraction of sp³-hybridized carbons (Fsp3) is 0.316. The van der Waals surface area contributed by atoms with E-state index >= 15 is 0 Å². The van der Waals surface area contributed by atoms with Gasteiger partial charge in [-0.15, -0.1) is 10.2 Å². The molecule has 0 radical (unpaired) electrons. The first-order chi connectivity index (χ1) is 12.0. The summed E-state index contributed by atoms with van der Waals surface area (Å²) in [7, 11) is 0. The van der Waals surface area contributed by atoms with Crippen LogP contribution in [0.15, 0.2) is 36.4 Å². The van der Waals surface area contributed by atoms with Gasteiger partial charge in [-0.1, -0.05) is 13.8 Å². The summed E-state index contributed by atoms with van der Waals surface area (Å²) in [6.07, 6.45) is 0. The highest BCUT2D eigenvalue weighted by Gasteiger charge is 2.12. The molecule has 0 atom stereocenters. The third kappa shape index (κ3) is 3.63. The Morgan fingerprint density at radius 2 is 1.80 bits per heavy atom. The molecule has 0 aliphatic heterocycles. The maximum atomic E-state index is 11.9. The molecular formula is C19H22N4O2. The number of carbonyl (C=O) groups is 1. The van der Waals surface area contributed by atoms with E-state index in [-0.39, 0.29) is 11.8 Å². The van der Waals surface area contributed by atoms with E-state index in [9.17, 15) is 4.79 Å². The fourth-order valence-electron chi connectivity index (χ4n) is 2.44. The highest BCUT2D eigenvalue weighted by Crippen LogP contribution is 2.23. The third-order valence-electron chi connectivity index (χ3n) is 3.89. The number of carbonyl (C=O) groups excluding carboxylic acids is 1. The Morgan fingerprint density at radius 3 is 2.40 bits per heavy atom. The zero-order valence-electron chi connectivity index (χ0n) is 14.9. The predicted molar refractivity (Wildman–Crippen MR) is 98.2 cm³/mol. The third-order valence-corrected chi connectivity index (χ3v) is 3.89. The Morgan fingerprint density at radius 1 is 1.16 bits per heavy atom. The first-order valence-electron chi connectivity index (χ1n) is 8.39. The number of nitrogens with one attached hydrogen (secondary N) is 1. The number of nitrogens with zero attached hydrogens (tertiary/aromatic N) is 3. The molecule has 1 aromatic heterocycles. The Kier molecular flexibility index (Phi) is 4.70. The summed E-state index contributed by atoms with van der Waals surface area (Å²) in [6.45, 7) is 8.27. The van der Waals surface area contributed by atoms with Gasteiger partial charge in [-0.25, -0.2) is 0 Å². The molecule has 6 nitrogen and oxygen atoms in total. The molecule has 0 unspecified atom stereocenters. The highest BCUT2D eigenvalue weighted by atomic mass is 16.5. The van der Waals surface area contributed by atoms with Gasteiger partial charge in [0, 0.05) is 11.6 Å². The number of aromatic nitrogens is 3. The van der Waals surface area contributed by atoms with E-state index < -0.39 is 0 Å². The van der Waals surface area contributed by atoms with Gasteiger partial charge in [0.05, 0.1) is 12.3 Å². The second-order valence-electron chi connectivity index (χ2n) is 6.22. The summed E-state index contributed by atoms with van der Waals surface area (Å²) in [5, 5.41) is 12.0. The number of benzene rings is 2. The van der Waals surface area contributed by atoms with E-state index in [4.69, 9.17) is 4.74 Å². The maximum absolute atomic E-state index is 11.9. The van der Waals surface area contributed by atoms with Crippen LogP contribution in [0.5, 0.6) is 5.75 Å². The van der Waals surface area contributed by atoms with Crippen molar-refractivity contribution in [3.05, 3.63) is 42.0 Å². The summed E-state index contributed by atoms with van der Waals surface area (Å²) in [4.78, 5) is 13.5. The number of fused-ring (bicyclic) bond motifs is 1. The van der Waals surface area contributed by atoms with E-state index in [2.05, 4.69) is 15.5 Å². The number of amides is 1. The lowest BCUT2D eigenvalue weighted by Crippen LogP contribution is -2.18. The summed E-state index contributed by atoms with van der Waals surface area (Å²) in [5.41, 5.74) is 4.10. The summed E-state index contributed by atoms with van der Waals surface area (Å²) < 4.78 is 5.45. The molecule has 0 saturated heterocycles. The molecule has 1 heterocycles. The van der Waals surface area contributed by atoms with Gasteiger partial charge in [-0.2, -0.15) is 4.80 Å². The summed E-state index contributed by atoms with van der Waals surface area (Å²) in [6, 6.07) is 11.4. The lowest BCUT2D eigenvalue weighted by molar-refractivity contribution is -0.118. The first kappa shape index (κ1) is 17.0. The standard InChI is InChI=1S/C19H22N4O2/c1-5-25-15-8-6-14(7-9-15)23-21-17-10-13(4)16(11-18(17)22-23)20-19(24)12(2)3/h6-12H,5H2,1-4H3,(H,20,24). The van der Waals surface area contributed by atoms with Crippen molar-refractivity contribution >= 4 is 22.6 Å². The Hall–Kier alpha value is -2.89. The molecular weight excluding hydrogens is 316 g/mol. The topological polar surface area (TPSA) is 69.0 Å². The van der Waals surface area contributed by atoms with Gasteiger partial charge in [0.1, 0.15) is 16.8 Å². The van der Waals surface area contributed by atoms with Gasteiger partial charge in [0.15, 0.2) is 0 Å². The molecule has 25 heavy (non-hydrogen) atoms. The second kappa shape index (κ2) is 6.93. The average molecular weight is 338 g/mol. The van der Waals surface area contributed by atoms with Gasteiger partial charge < -0.3 is 10.1 Å². The van der Waals surface area contributed by atoms with Crippen LogP contribution in [-0.2, 0) is 4.79 Å². The van der Waals surface area contributed by atoms with Crippen molar-refractivity contribution in [3.63, 3.8) is 0 Å². The van der Waals surface area contributed by atoms with E-state index in [1.54, 1.807) is 4.80 Å². The summed E-state index contributed by atoms with van der Waals surface area (Å²) >= 11 is 0. The minimum absolute atomic E-state index is 0.0126. The Balaban J connectivity index is 1.93. The minimum atomic E-state index is -0.0744. The molecule has 1 N–H and O–H groups in total. The van der Waals surface area contributed by atoms with Crippen LogP contribution in [0.2, 0.25) is 0 Å². The summed E-state index contributed by atoms with van der Waals surface area (Å²) in [5.74, 6) is 0.730. The Labute approximate surface area is 146 Å². The van der Waals surface area contributed by atoms with Crippen LogP contribution in [0.3, 0.4) is 0 Å². The van der Waals surface area contributed by atoms with Crippen LogP contribution in [0, 0.1) is 12.8 Å². The molecule has 0 aliphatic carbocycles. The van der Waals surface area contributed by atoms with E-state index in [0.717, 1.165) is 33.7 Å². The maximum Gasteiger partial charge on any atom is 0.226 e. The van der Waals surface area contributed by atoms with Crippen molar-refractivity contribution in [3.8, 4) is 11.4 Å². The molecule has 130 valence electrons. The van der Waals surface area contributed by atoms with Crippen LogP contribution in [0.25, 0.3) is 16.7 Å². The number of aryl methyl sites for hydroxylation is 1. The van der Waals surface area contributed by atoms with Crippen molar-refractivity contribution in [1.29, 1.82) is 0 Å². The normalized spacial score (nSPS) is 11.1. The second-order valence-corrected chi connectivity index (χ2v) is 6.22. The van der Waals surface area contributed by atoms with Gasteiger partial charge in [-0.05, 0) is 55.8 Å². The lowest BCUT2D eigenvalue weighted by Gasteiger charge is -2.09. The predicted octanol–water partition coefficient (Wildman–Crippen LogP) is 3.72. The molecule has 0 fully saturated rings. The molecule has 0 saturated carbocycles. The van der Waals surface area contributed by atoms with Crippen LogP contribution >= 0.6 is 0 Å². The molecule has 2 aromatic carbocycles. The van der Waals surface area contributed by atoms with Crippen molar-refractivity contribution in [1.82, 2.24) is 15.0 Å². The van der Waals surface area contributed by atoms with E-state index in [1.807, 2.05) is 64.1 Å². The van der Waals surface area contributed by atoms with E-state index in [1.165, 1.54) is 0 Å². The minimum Gasteiger partial charge on any atom is -0.494 e. The molecule has 0 spiro atoms. The van der Waals surface area contributed by atoms with Crippen molar-refractivity contribution in [2.24, 2.45) is 5.92 Å². The van der Waals surface area contributed by atoms with Gasteiger partial charge in [-0.3, -0.25) is 4.79 Å². The molecule has 3 aromatic rings. The number of hydrogen-bond acceptors (Lipinski definition) is 4. The molecule has 3 rings (SSSR count). The molecule has 6 heteroatoms. The Bertz CT molecular complexity index is 898. The van der Waals surface area contributed by atoms with Crippen LogP contribution in [0.4, 0.5) is 5.69 Å². The highest BCUT2D eigenvalue weighted by molar-refractivity contribution is 5.95. The quantitative estimate of drug-likeness (QED) is 0.770. The van der Waals surface area contributed by atoms with Crippen molar-refractivity contribution in [2.45, 2.75) is 27.7 Å². The molecule has 1 amide bonds. The largest absolute Gasteiger partial charge is 0.494 e. The zero-order valence-corrected chi connectivity index (χ0v) is 14.9. The van der Waals surface area contributed by atoms with Crippen LogP contribution in [0.1, 0.15) is 26.3 Å². The number of rotatable bonds is 5. The monoisotopic (exact) mass is 338 g/mol. The SMILES string of the molecule is CCOc1ccc(-n2nc3cc(C)c(NC(=O)C(C)C)cc3n2)cc1. The zero-order chi connectivity index (χ0) is 18.0. The first-order valence-corrected chi connectivity index (χ1v) is 8.39. The van der Waals surface area contributed by atoms with Gasteiger partial charge in [0.2, 0.25) is 5.91 Å². The number of ether oxygens (including phenoxy) is 1. The van der Waals surface area contributed by atoms with Crippen LogP contribution < -0.4 is 10.1 Å². The lowest BCUT2D eigenvalue weighted by atomic mass is 10.1. The van der Waals surface area contributed by atoms with Gasteiger partial charge >= 0.3 is 0 Å². The fourth-order valence-corrected chi connectivity index (χ4v) is 2.44. The van der Waals surface area contributed by atoms with Crippen molar-refractivity contribution in [2.75, 3.05) is 11.9 Å².